The Balaban J connectivity index is 1.75. The van der Waals surface area contributed by atoms with Crippen LogP contribution in [0.3, 0.4) is 0 Å². The van der Waals surface area contributed by atoms with Gasteiger partial charge in [0.2, 0.25) is 35.5 Å². The molecule has 0 bridgehead atoms. The molecule has 19 N–H and O–H groups in total. The van der Waals surface area contributed by atoms with Gasteiger partial charge in [0.05, 0.1) is 5.69 Å². The highest BCUT2D eigenvalue weighted by molar-refractivity contribution is 5.95. The minimum absolute atomic E-state index is 0.0971. The number of anilines is 1. The number of amides is 6. The van der Waals surface area contributed by atoms with E-state index in [1.807, 2.05) is 6.07 Å². The Kier molecular flexibility index (Phi) is 25.4. The molecule has 0 spiro atoms. The van der Waals surface area contributed by atoms with Gasteiger partial charge in [-0.2, -0.15) is 0 Å². The number of nitrogen functional groups attached to an aromatic ring is 1. The van der Waals surface area contributed by atoms with E-state index in [9.17, 15) is 28.8 Å². The number of nitrogens with zero attached hydrogens (tertiary/aromatic N) is 4. The van der Waals surface area contributed by atoms with Crippen LogP contribution >= 0.6 is 0 Å². The Bertz CT molecular complexity index is 1820. The van der Waals surface area contributed by atoms with Crippen LogP contribution < -0.4 is 66.7 Å². The third kappa shape index (κ3) is 23.3. The Morgan fingerprint density at radius 1 is 0.619 bits per heavy atom. The SMILES string of the molecule is NCCCC[C@@H](NC(=O)CCCCCNC(=O)c1cccc(-c2ccnc(N)n2)c1)C(=O)NCCCCCC(=O)N[C@H](CCCN=C(N)N)C(=O)N[C@H](CCCN=C(N)N)C(N)=O. The number of guanidine groups is 2. The zero-order valence-electron chi connectivity index (χ0n) is 36.1. The van der Waals surface area contributed by atoms with Gasteiger partial charge in [0.15, 0.2) is 11.9 Å². The predicted octanol–water partition coefficient (Wildman–Crippen LogP) is -1.13. The van der Waals surface area contributed by atoms with Crippen molar-refractivity contribution in [2.75, 3.05) is 38.5 Å². The molecule has 0 unspecified atom stereocenters. The molecule has 2 rings (SSSR count). The molecule has 0 aliphatic carbocycles. The fraction of sp³-hybridized carbons (Fsp3) is 0.561. The van der Waals surface area contributed by atoms with Crippen molar-refractivity contribution in [2.45, 2.75) is 114 Å². The number of rotatable bonds is 32. The number of carbonyl (C=O) groups excluding carboxylic acids is 6. The van der Waals surface area contributed by atoms with Gasteiger partial charge in [-0.15, -0.1) is 0 Å². The Morgan fingerprint density at radius 2 is 1.19 bits per heavy atom. The number of unbranched alkanes of at least 4 members (excludes halogenated alkanes) is 5. The number of aliphatic imine (C=N–C) groups is 2. The summed E-state index contributed by atoms with van der Waals surface area (Å²) >= 11 is 0. The van der Waals surface area contributed by atoms with Gasteiger partial charge < -0.3 is 66.7 Å². The molecule has 0 fully saturated rings. The summed E-state index contributed by atoms with van der Waals surface area (Å²) in [4.78, 5) is 92.6. The summed E-state index contributed by atoms with van der Waals surface area (Å²) in [6.07, 6.45) is 8.44. The first kappa shape index (κ1) is 52.6. The van der Waals surface area contributed by atoms with E-state index >= 15 is 0 Å². The Morgan fingerprint density at radius 3 is 1.76 bits per heavy atom. The quantitative estimate of drug-likeness (QED) is 0.0235. The maximum absolute atomic E-state index is 13.2. The highest BCUT2D eigenvalue weighted by Gasteiger charge is 2.25. The smallest absolute Gasteiger partial charge is 0.251 e. The molecular formula is C41H68N16O6. The molecule has 0 radical (unpaired) electrons. The Labute approximate surface area is 368 Å². The molecule has 0 aliphatic rings. The summed E-state index contributed by atoms with van der Waals surface area (Å²) in [5.74, 6) is -2.51. The van der Waals surface area contributed by atoms with Crippen LogP contribution in [0.4, 0.5) is 5.95 Å². The van der Waals surface area contributed by atoms with Crippen molar-refractivity contribution in [1.82, 2.24) is 36.6 Å². The minimum atomic E-state index is -1.000. The van der Waals surface area contributed by atoms with Crippen molar-refractivity contribution >= 4 is 53.3 Å². The van der Waals surface area contributed by atoms with Gasteiger partial charge in [0, 0.05) is 56.3 Å². The molecule has 22 nitrogen and oxygen atoms in total. The summed E-state index contributed by atoms with van der Waals surface area (Å²) in [6, 6.07) is 6.09. The molecule has 0 saturated heterocycles. The van der Waals surface area contributed by atoms with Crippen LogP contribution in [0, 0.1) is 0 Å². The average Bonchev–Trinajstić information content (AvgIpc) is 3.24. The molecule has 22 heteroatoms. The van der Waals surface area contributed by atoms with E-state index < -0.39 is 29.9 Å². The van der Waals surface area contributed by atoms with Crippen molar-refractivity contribution in [2.24, 2.45) is 44.4 Å². The minimum Gasteiger partial charge on any atom is -0.370 e. The van der Waals surface area contributed by atoms with Crippen LogP contribution in [-0.4, -0.2) is 108 Å². The van der Waals surface area contributed by atoms with Crippen molar-refractivity contribution in [1.29, 1.82) is 0 Å². The number of aromatic nitrogens is 2. The van der Waals surface area contributed by atoms with Crippen molar-refractivity contribution in [3.63, 3.8) is 0 Å². The van der Waals surface area contributed by atoms with Crippen LogP contribution in [0.2, 0.25) is 0 Å². The lowest BCUT2D eigenvalue weighted by Crippen LogP contribution is -2.53. The highest BCUT2D eigenvalue weighted by Crippen LogP contribution is 2.18. The zero-order chi connectivity index (χ0) is 46.4. The summed E-state index contributed by atoms with van der Waals surface area (Å²) < 4.78 is 0. The van der Waals surface area contributed by atoms with E-state index in [2.05, 4.69) is 46.5 Å². The van der Waals surface area contributed by atoms with E-state index in [0.29, 0.717) is 102 Å². The van der Waals surface area contributed by atoms with E-state index in [-0.39, 0.29) is 80.3 Å². The van der Waals surface area contributed by atoms with Gasteiger partial charge in [-0.3, -0.25) is 38.8 Å². The first-order chi connectivity index (χ1) is 30.2. The van der Waals surface area contributed by atoms with Crippen LogP contribution in [0.25, 0.3) is 11.3 Å². The second-order valence-corrected chi connectivity index (χ2v) is 14.9. The first-order valence-corrected chi connectivity index (χ1v) is 21.4. The normalized spacial score (nSPS) is 12.1. The average molecular weight is 881 g/mol. The van der Waals surface area contributed by atoms with E-state index in [4.69, 9.17) is 40.1 Å². The van der Waals surface area contributed by atoms with E-state index in [1.165, 1.54) is 0 Å². The third-order valence-electron chi connectivity index (χ3n) is 9.64. The largest absolute Gasteiger partial charge is 0.370 e. The van der Waals surface area contributed by atoms with Gasteiger partial charge in [-0.25, -0.2) is 9.97 Å². The maximum Gasteiger partial charge on any atom is 0.251 e. The summed E-state index contributed by atoms with van der Waals surface area (Å²) in [5, 5.41) is 14.0. The first-order valence-electron chi connectivity index (χ1n) is 21.4. The monoisotopic (exact) mass is 881 g/mol. The Hall–Kier alpha value is -6.58. The lowest BCUT2D eigenvalue weighted by Gasteiger charge is -2.22. The fourth-order valence-electron chi connectivity index (χ4n) is 6.30. The van der Waals surface area contributed by atoms with Gasteiger partial charge in [0.1, 0.15) is 18.1 Å². The zero-order valence-corrected chi connectivity index (χ0v) is 36.1. The standard InChI is InChI=1S/C41H68N16O6/c42-20-6-5-14-31(54-33(58)17-3-1-7-21-49-36(61)28-13-9-12-27(26-28)29-19-25-53-41(48)57-29)37(62)50-22-8-2-4-18-34(59)55-32(16-11-24-52-40(46)47)38(63)56-30(35(43)60)15-10-23-51-39(44)45/h9,12-13,19,25-26,30-32H,1-8,10-11,14-18,20-24,42H2,(H2,43,60)(H,49,61)(H,50,62)(H,54,58)(H,55,59)(H,56,63)(H4,44,45,51)(H4,46,47,52)(H2,48,53,57)/t30-,31-,32-/m1/s1. The van der Waals surface area contributed by atoms with Crippen molar-refractivity contribution in [3.8, 4) is 11.3 Å². The molecule has 1 aromatic heterocycles. The molecule has 1 heterocycles. The lowest BCUT2D eigenvalue weighted by molar-refractivity contribution is -0.131. The maximum atomic E-state index is 13.2. The van der Waals surface area contributed by atoms with Crippen molar-refractivity contribution < 1.29 is 28.8 Å². The number of primary amides is 1. The molecule has 0 aliphatic heterocycles. The second kappa shape index (κ2) is 30.4. The molecule has 0 saturated carbocycles. The number of hydrogen-bond acceptors (Lipinski definition) is 12. The number of nitrogens with one attached hydrogen (secondary N) is 5. The molecule has 348 valence electrons. The summed E-state index contributed by atoms with van der Waals surface area (Å²) in [6.45, 7) is 1.71. The molecule has 63 heavy (non-hydrogen) atoms. The van der Waals surface area contributed by atoms with Gasteiger partial charge in [-0.1, -0.05) is 25.0 Å². The van der Waals surface area contributed by atoms with Crippen LogP contribution in [0.15, 0.2) is 46.5 Å². The molecule has 3 atom stereocenters. The number of benzene rings is 1. The topological polar surface area (TPSA) is 395 Å². The third-order valence-corrected chi connectivity index (χ3v) is 9.64. The van der Waals surface area contributed by atoms with Gasteiger partial charge in [0.25, 0.3) is 5.91 Å². The number of carbonyl (C=O) groups is 6. The van der Waals surface area contributed by atoms with Gasteiger partial charge in [-0.05, 0) is 95.4 Å². The lowest BCUT2D eigenvalue weighted by atomic mass is 10.1. The van der Waals surface area contributed by atoms with Gasteiger partial charge >= 0.3 is 0 Å². The fourth-order valence-corrected chi connectivity index (χ4v) is 6.30. The predicted molar refractivity (Wildman–Crippen MR) is 242 cm³/mol. The molecular weight excluding hydrogens is 813 g/mol. The number of hydrogen-bond donors (Lipinski definition) is 12. The second-order valence-electron chi connectivity index (χ2n) is 14.9. The van der Waals surface area contributed by atoms with Crippen molar-refractivity contribution in [3.05, 3.63) is 42.1 Å². The van der Waals surface area contributed by atoms with Crippen LogP contribution in [0.1, 0.15) is 107 Å². The molecule has 6 amide bonds. The van der Waals surface area contributed by atoms with E-state index in [0.717, 1.165) is 5.56 Å². The molecule has 2 aromatic rings. The summed E-state index contributed by atoms with van der Waals surface area (Å²) in [5.41, 5.74) is 40.2. The van der Waals surface area contributed by atoms with Crippen LogP contribution in [0.5, 0.6) is 0 Å². The molecule has 1 aromatic carbocycles. The summed E-state index contributed by atoms with van der Waals surface area (Å²) in [7, 11) is 0. The van der Waals surface area contributed by atoms with E-state index in [1.54, 1.807) is 30.5 Å². The number of nitrogens with two attached hydrogens (primary N) is 7. The highest BCUT2D eigenvalue weighted by atomic mass is 16.2. The van der Waals surface area contributed by atoms with Crippen LogP contribution in [-0.2, 0) is 24.0 Å².